The van der Waals surface area contributed by atoms with Gasteiger partial charge in [-0.2, -0.15) is 4.31 Å². The Labute approximate surface area is 176 Å². The standard InChI is InChI=1S/C21H25N3O5S/c1-23(2)18-7-5-6-16(14-18)21(26)29-15-20(25)22-17-8-10-19(11-9-17)30(27,28)24-12-3-4-13-24/h5-11,14H,3-4,12-13,15H2,1-2H3,(H,22,25). The summed E-state index contributed by atoms with van der Waals surface area (Å²) in [7, 11) is 0.223. The Morgan fingerprint density at radius 2 is 1.73 bits per heavy atom. The zero-order valence-electron chi connectivity index (χ0n) is 17.0. The molecule has 2 aromatic carbocycles. The number of amides is 1. The van der Waals surface area contributed by atoms with E-state index >= 15 is 0 Å². The molecule has 0 aliphatic carbocycles. The molecule has 1 heterocycles. The molecule has 0 atom stereocenters. The summed E-state index contributed by atoms with van der Waals surface area (Å²) in [5.74, 6) is -1.11. The summed E-state index contributed by atoms with van der Waals surface area (Å²) in [5, 5.41) is 2.59. The van der Waals surface area contributed by atoms with Crippen molar-refractivity contribution in [2.24, 2.45) is 0 Å². The van der Waals surface area contributed by atoms with E-state index in [9.17, 15) is 18.0 Å². The average Bonchev–Trinajstić information content (AvgIpc) is 3.28. The Hall–Kier alpha value is -2.91. The zero-order valence-corrected chi connectivity index (χ0v) is 17.8. The molecule has 1 amide bonds. The van der Waals surface area contributed by atoms with Gasteiger partial charge in [-0.05, 0) is 55.3 Å². The van der Waals surface area contributed by atoms with Gasteiger partial charge >= 0.3 is 5.97 Å². The fourth-order valence-electron chi connectivity index (χ4n) is 3.11. The number of rotatable bonds is 7. The minimum Gasteiger partial charge on any atom is -0.452 e. The molecule has 1 aliphatic rings. The molecule has 1 fully saturated rings. The lowest BCUT2D eigenvalue weighted by molar-refractivity contribution is -0.119. The van der Waals surface area contributed by atoms with E-state index in [4.69, 9.17) is 4.74 Å². The summed E-state index contributed by atoms with van der Waals surface area (Å²) in [6.07, 6.45) is 1.73. The van der Waals surface area contributed by atoms with E-state index in [2.05, 4.69) is 5.32 Å². The second kappa shape index (κ2) is 9.27. The summed E-state index contributed by atoms with van der Waals surface area (Å²) in [6, 6.07) is 12.9. The van der Waals surface area contributed by atoms with Crippen molar-refractivity contribution < 1.29 is 22.7 Å². The number of hydrogen-bond donors (Lipinski definition) is 1. The smallest absolute Gasteiger partial charge is 0.338 e. The highest BCUT2D eigenvalue weighted by Gasteiger charge is 2.26. The number of carbonyl (C=O) groups excluding carboxylic acids is 2. The molecule has 0 unspecified atom stereocenters. The van der Waals surface area contributed by atoms with Gasteiger partial charge in [-0.3, -0.25) is 4.79 Å². The van der Waals surface area contributed by atoms with Gasteiger partial charge in [0.25, 0.3) is 5.91 Å². The summed E-state index contributed by atoms with van der Waals surface area (Å²) in [5.41, 5.74) is 1.62. The number of benzene rings is 2. The molecule has 3 rings (SSSR count). The van der Waals surface area contributed by atoms with E-state index in [1.807, 2.05) is 25.1 Å². The van der Waals surface area contributed by atoms with Gasteiger partial charge in [-0.25, -0.2) is 13.2 Å². The van der Waals surface area contributed by atoms with Crippen LogP contribution in [0.3, 0.4) is 0 Å². The van der Waals surface area contributed by atoms with Crippen molar-refractivity contribution >= 4 is 33.3 Å². The molecule has 0 aromatic heterocycles. The van der Waals surface area contributed by atoms with E-state index in [1.54, 1.807) is 18.2 Å². The molecule has 160 valence electrons. The SMILES string of the molecule is CN(C)c1cccc(C(=O)OCC(=O)Nc2ccc(S(=O)(=O)N3CCCC3)cc2)c1. The first kappa shape index (κ1) is 21.8. The van der Waals surface area contributed by atoms with E-state index in [-0.39, 0.29) is 4.90 Å². The fraction of sp³-hybridized carbons (Fsp3) is 0.333. The van der Waals surface area contributed by atoms with Crippen LogP contribution in [0.1, 0.15) is 23.2 Å². The Bertz CT molecular complexity index is 1010. The Balaban J connectivity index is 1.55. The number of ether oxygens (including phenoxy) is 1. The number of sulfonamides is 1. The monoisotopic (exact) mass is 431 g/mol. The Morgan fingerprint density at radius 1 is 1.07 bits per heavy atom. The molecular weight excluding hydrogens is 406 g/mol. The van der Waals surface area contributed by atoms with E-state index in [1.165, 1.54) is 28.6 Å². The van der Waals surface area contributed by atoms with E-state index in [0.717, 1.165) is 18.5 Å². The van der Waals surface area contributed by atoms with Gasteiger partial charge in [-0.1, -0.05) is 6.07 Å². The largest absolute Gasteiger partial charge is 0.452 e. The molecule has 8 nitrogen and oxygen atoms in total. The van der Waals surface area contributed by atoms with Crippen molar-refractivity contribution in [2.75, 3.05) is 44.0 Å². The third-order valence-electron chi connectivity index (χ3n) is 4.77. The molecule has 9 heteroatoms. The molecule has 2 aromatic rings. The molecule has 30 heavy (non-hydrogen) atoms. The van der Waals surface area contributed by atoms with Crippen LogP contribution in [0, 0.1) is 0 Å². The maximum Gasteiger partial charge on any atom is 0.338 e. The first-order chi connectivity index (χ1) is 14.3. The van der Waals surface area contributed by atoms with Crippen LogP contribution in [-0.4, -0.2) is 58.4 Å². The molecular formula is C21H25N3O5S. The topological polar surface area (TPSA) is 96.0 Å². The van der Waals surface area contributed by atoms with Gasteiger partial charge in [0.15, 0.2) is 6.61 Å². The van der Waals surface area contributed by atoms with Crippen LogP contribution in [0.4, 0.5) is 11.4 Å². The normalized spacial score (nSPS) is 14.3. The van der Waals surface area contributed by atoms with Crippen molar-refractivity contribution in [2.45, 2.75) is 17.7 Å². The van der Waals surface area contributed by atoms with Crippen molar-refractivity contribution in [3.05, 3.63) is 54.1 Å². The lowest BCUT2D eigenvalue weighted by Gasteiger charge is -2.15. The molecule has 0 bridgehead atoms. The zero-order chi connectivity index (χ0) is 21.7. The summed E-state index contributed by atoms with van der Waals surface area (Å²) < 4.78 is 31.6. The molecule has 0 saturated carbocycles. The second-order valence-corrected chi connectivity index (χ2v) is 9.14. The average molecular weight is 432 g/mol. The van der Waals surface area contributed by atoms with Crippen LogP contribution in [-0.2, 0) is 19.6 Å². The number of anilines is 2. The highest BCUT2D eigenvalue weighted by atomic mass is 32.2. The predicted octanol–water partition coefficient (Wildman–Crippen LogP) is 2.33. The molecule has 1 saturated heterocycles. The summed E-state index contributed by atoms with van der Waals surface area (Å²) in [4.78, 5) is 26.3. The maximum atomic E-state index is 12.5. The third-order valence-corrected chi connectivity index (χ3v) is 6.69. The molecule has 1 N–H and O–H groups in total. The van der Waals surface area contributed by atoms with Crippen molar-refractivity contribution in [3.63, 3.8) is 0 Å². The lowest BCUT2D eigenvalue weighted by Crippen LogP contribution is -2.27. The predicted molar refractivity (Wildman–Crippen MR) is 114 cm³/mol. The van der Waals surface area contributed by atoms with Gasteiger partial charge in [0, 0.05) is 38.6 Å². The van der Waals surface area contributed by atoms with Crippen molar-refractivity contribution in [1.29, 1.82) is 0 Å². The summed E-state index contributed by atoms with van der Waals surface area (Å²) >= 11 is 0. The van der Waals surface area contributed by atoms with Crippen LogP contribution >= 0.6 is 0 Å². The molecule has 1 aliphatic heterocycles. The van der Waals surface area contributed by atoms with Gasteiger partial charge in [0.2, 0.25) is 10.0 Å². The van der Waals surface area contributed by atoms with Crippen LogP contribution in [0.2, 0.25) is 0 Å². The van der Waals surface area contributed by atoms with Crippen LogP contribution < -0.4 is 10.2 Å². The first-order valence-electron chi connectivity index (χ1n) is 9.62. The Morgan fingerprint density at radius 3 is 2.37 bits per heavy atom. The lowest BCUT2D eigenvalue weighted by atomic mass is 10.2. The van der Waals surface area contributed by atoms with Crippen LogP contribution in [0.25, 0.3) is 0 Å². The number of carbonyl (C=O) groups is 2. The quantitative estimate of drug-likeness (QED) is 0.676. The van der Waals surface area contributed by atoms with Crippen LogP contribution in [0.5, 0.6) is 0 Å². The number of nitrogens with one attached hydrogen (secondary N) is 1. The Kier molecular flexibility index (Phi) is 6.73. The minimum absolute atomic E-state index is 0.189. The third kappa shape index (κ3) is 5.17. The van der Waals surface area contributed by atoms with Crippen LogP contribution in [0.15, 0.2) is 53.4 Å². The van der Waals surface area contributed by atoms with E-state index in [0.29, 0.717) is 24.3 Å². The fourth-order valence-corrected chi connectivity index (χ4v) is 4.63. The number of nitrogens with zero attached hydrogens (tertiary/aromatic N) is 2. The number of esters is 1. The first-order valence-corrected chi connectivity index (χ1v) is 11.1. The molecule has 0 spiro atoms. The molecule has 0 radical (unpaired) electrons. The van der Waals surface area contributed by atoms with Gasteiger partial charge < -0.3 is 15.0 Å². The van der Waals surface area contributed by atoms with Crippen molar-refractivity contribution in [3.8, 4) is 0 Å². The highest BCUT2D eigenvalue weighted by Crippen LogP contribution is 2.22. The summed E-state index contributed by atoms with van der Waals surface area (Å²) in [6.45, 7) is 0.617. The highest BCUT2D eigenvalue weighted by molar-refractivity contribution is 7.89. The maximum absolute atomic E-state index is 12.5. The van der Waals surface area contributed by atoms with Crippen molar-refractivity contribution in [1.82, 2.24) is 4.31 Å². The van der Waals surface area contributed by atoms with Gasteiger partial charge in [0.05, 0.1) is 10.5 Å². The van der Waals surface area contributed by atoms with E-state index < -0.39 is 28.5 Å². The number of hydrogen-bond acceptors (Lipinski definition) is 6. The second-order valence-electron chi connectivity index (χ2n) is 7.20. The van der Waals surface area contributed by atoms with Gasteiger partial charge in [-0.15, -0.1) is 0 Å². The van der Waals surface area contributed by atoms with Gasteiger partial charge in [0.1, 0.15) is 0 Å². The minimum atomic E-state index is -3.50.